The van der Waals surface area contributed by atoms with E-state index in [2.05, 4.69) is 68.9 Å². The number of methoxy groups -OCH3 is 1. The van der Waals surface area contributed by atoms with E-state index >= 15 is 0 Å². The van der Waals surface area contributed by atoms with Crippen LogP contribution in [0.3, 0.4) is 0 Å². The summed E-state index contributed by atoms with van der Waals surface area (Å²) in [7, 11) is 1.33. The number of aliphatic hydroxyl groups is 1. The Bertz CT molecular complexity index is 2390. The molecule has 3 aromatic heterocycles. The number of aliphatic hydroxyl groups excluding tert-OH is 1. The molecule has 326 valence electrons. The molecule has 1 fully saturated rings. The molecule has 1 saturated heterocycles. The topological polar surface area (TPSA) is 129 Å². The molecule has 1 unspecified atom stereocenters. The Morgan fingerprint density at radius 3 is 2.21 bits per heavy atom. The summed E-state index contributed by atoms with van der Waals surface area (Å²) in [6.45, 7) is 27.8. The van der Waals surface area contributed by atoms with Crippen molar-refractivity contribution in [3.63, 3.8) is 0 Å². The fourth-order valence-corrected chi connectivity index (χ4v) is 8.58. The molecule has 61 heavy (non-hydrogen) atoms. The molecule has 2 aliphatic heterocycles. The number of rotatable bonds is 14. The first-order valence-corrected chi connectivity index (χ1v) is 22.2. The van der Waals surface area contributed by atoms with E-state index in [1.54, 1.807) is 0 Å². The summed E-state index contributed by atoms with van der Waals surface area (Å²) in [5.74, 6) is -0.739. The summed E-state index contributed by atoms with van der Waals surface area (Å²) >= 11 is 0. The molecular formula is C51H68MgN4O5-2. The van der Waals surface area contributed by atoms with Crippen LogP contribution in [-0.2, 0) is 25.5 Å². The van der Waals surface area contributed by atoms with Gasteiger partial charge in [0.15, 0.2) is 0 Å². The van der Waals surface area contributed by atoms with Crippen molar-refractivity contribution in [3.8, 4) is 0 Å². The number of hydrogen-bond donors (Lipinski definition) is 1. The van der Waals surface area contributed by atoms with Gasteiger partial charge in [0.1, 0.15) is 18.3 Å². The number of esters is 2. The Hall–Kier alpha value is -4.15. The standard InChI is InChI=1S/C46H56N4O5.C5H12.Mg/c1-11-24(4)15-14-16-25(5)19-20-55-39(51)18-17-32-28(8)35-21-33-26(6)30(12-2)37(47-33)22-34-27(7)31(13-3)38(48-34)23-36-29(9)40-44(50-36)41(43(32)49-35)42(45(40)52)46(53)54-10;1-4-5(2)3;/h12,19,21-24,28,32,42-43,52H,2,11,13-18,20H2,1,3-10H3;5H,4H2,1-3H3;/q-4;;+2/b25-19+,34-22-,35-21-,38-23-;;/t24-,28+,32+,42-,43?;;/m1../s1. The van der Waals surface area contributed by atoms with E-state index in [4.69, 9.17) is 29.7 Å². The number of carbonyl (C=O) groups excluding carboxylic acids is 2. The van der Waals surface area contributed by atoms with Gasteiger partial charge in [-0.15, -0.1) is 33.1 Å². The SMILES string of the molecule is C=Cc1c2[n-]c(c1C)/C=C1\[N-]C(C3=c4[n-]c(c(C)c4=C(O)[C@@H]3C(=O)OC)/C=c3\[n-]/c(c(C)c3CC)=C\2)[C@@H](CCC(=O)OC/C=C(\C)CCC[C@H](C)CC)[C@@H]1C.CCC(C)C.[Mg+2]. The number of nitrogens with zero attached hydrogens (tertiary/aromatic N) is 4. The molecule has 0 saturated carbocycles. The quantitative estimate of drug-likeness (QED) is 0.101. The minimum absolute atomic E-state index is 0. The number of carbonyl (C=O) groups is 2. The summed E-state index contributed by atoms with van der Waals surface area (Å²) in [5.41, 5.74) is 9.69. The Morgan fingerprint density at radius 1 is 0.918 bits per heavy atom. The van der Waals surface area contributed by atoms with Crippen LogP contribution in [0.2, 0.25) is 0 Å². The second kappa shape index (κ2) is 21.8. The van der Waals surface area contributed by atoms with E-state index in [1.807, 2.05) is 44.2 Å². The van der Waals surface area contributed by atoms with Crippen LogP contribution in [0, 0.1) is 50.4 Å². The average molecular weight is 841 g/mol. The zero-order valence-corrected chi connectivity index (χ0v) is 40.4. The van der Waals surface area contributed by atoms with Gasteiger partial charge in [-0.05, 0) is 88.7 Å². The molecule has 0 aromatic carbocycles. The van der Waals surface area contributed by atoms with E-state index < -0.39 is 17.9 Å². The van der Waals surface area contributed by atoms with Crippen molar-refractivity contribution in [3.05, 3.63) is 95.4 Å². The molecule has 6 rings (SSSR count). The normalized spacial score (nSPS) is 21.5. The average Bonchev–Trinajstić information content (AvgIpc) is 3.97. The van der Waals surface area contributed by atoms with Gasteiger partial charge in [0.25, 0.3) is 0 Å². The maximum absolute atomic E-state index is 13.5. The number of aromatic nitrogens is 3. The van der Waals surface area contributed by atoms with Crippen LogP contribution in [-0.4, -0.2) is 59.9 Å². The van der Waals surface area contributed by atoms with Gasteiger partial charge in [-0.2, -0.15) is 5.70 Å². The third-order valence-electron chi connectivity index (χ3n) is 13.1. The maximum atomic E-state index is 13.5. The molecule has 0 spiro atoms. The number of ether oxygens (including phenoxy) is 2. The molecular weight excluding hydrogens is 773 g/mol. The van der Waals surface area contributed by atoms with E-state index in [9.17, 15) is 14.7 Å². The molecule has 10 heteroatoms. The zero-order valence-electron chi connectivity index (χ0n) is 39.0. The van der Waals surface area contributed by atoms with Crippen LogP contribution < -0.4 is 36.2 Å². The summed E-state index contributed by atoms with van der Waals surface area (Å²) < 4.78 is 11.0. The first kappa shape index (κ1) is 49.5. The van der Waals surface area contributed by atoms with Gasteiger partial charge in [0, 0.05) is 11.6 Å². The maximum Gasteiger partial charge on any atom is 2.00 e. The van der Waals surface area contributed by atoms with Gasteiger partial charge in [0.05, 0.1) is 7.11 Å². The van der Waals surface area contributed by atoms with Gasteiger partial charge in [-0.1, -0.05) is 138 Å². The van der Waals surface area contributed by atoms with Gasteiger partial charge in [-0.3, -0.25) is 9.59 Å². The Kier molecular flexibility index (Phi) is 17.7. The van der Waals surface area contributed by atoms with Crippen molar-refractivity contribution in [2.45, 2.75) is 134 Å². The largest absolute Gasteiger partial charge is 2.00 e. The number of allylic oxidation sites excluding steroid dienone is 2. The van der Waals surface area contributed by atoms with Crippen molar-refractivity contribution in [1.82, 2.24) is 15.0 Å². The Morgan fingerprint density at radius 2 is 1.59 bits per heavy atom. The van der Waals surface area contributed by atoms with Gasteiger partial charge in [-0.25, -0.2) is 0 Å². The van der Waals surface area contributed by atoms with Crippen LogP contribution in [0.5, 0.6) is 0 Å². The fraction of sp³-hybridized carbons (Fsp3) is 0.529. The minimum Gasteiger partial charge on any atom is -0.681 e. The third kappa shape index (κ3) is 10.7. The molecule has 3 aliphatic rings. The Labute approximate surface area is 380 Å². The second-order valence-corrected chi connectivity index (χ2v) is 17.5. The molecule has 5 heterocycles. The smallest absolute Gasteiger partial charge is 0.681 e. The van der Waals surface area contributed by atoms with Gasteiger partial charge < -0.3 is 34.8 Å². The minimum atomic E-state index is -1.07. The molecule has 1 aliphatic carbocycles. The Balaban J connectivity index is 0.00000129. The van der Waals surface area contributed by atoms with Crippen molar-refractivity contribution >= 4 is 70.6 Å². The van der Waals surface area contributed by atoms with E-state index in [0.29, 0.717) is 34.2 Å². The van der Waals surface area contributed by atoms with Crippen molar-refractivity contribution in [2.24, 2.45) is 29.6 Å². The van der Waals surface area contributed by atoms with Crippen molar-refractivity contribution in [1.29, 1.82) is 0 Å². The fourth-order valence-electron chi connectivity index (χ4n) is 8.58. The summed E-state index contributed by atoms with van der Waals surface area (Å²) in [6.07, 6.45) is 17.1. The van der Waals surface area contributed by atoms with Crippen LogP contribution in [0.4, 0.5) is 0 Å². The van der Waals surface area contributed by atoms with Crippen molar-refractivity contribution < 1.29 is 24.2 Å². The molecule has 5 atom stereocenters. The zero-order chi connectivity index (χ0) is 44.0. The van der Waals surface area contributed by atoms with E-state index in [-0.39, 0.29) is 59.6 Å². The van der Waals surface area contributed by atoms with Crippen molar-refractivity contribution in [2.75, 3.05) is 13.7 Å². The monoisotopic (exact) mass is 841 g/mol. The first-order valence-electron chi connectivity index (χ1n) is 22.2. The summed E-state index contributed by atoms with van der Waals surface area (Å²) in [5, 5.41) is 19.9. The van der Waals surface area contributed by atoms with E-state index in [1.165, 1.54) is 31.9 Å². The third-order valence-corrected chi connectivity index (χ3v) is 13.1. The predicted molar refractivity (Wildman–Crippen MR) is 249 cm³/mol. The second-order valence-electron chi connectivity index (χ2n) is 17.5. The number of fused-ring (bicyclic) bond motifs is 8. The molecule has 0 radical (unpaired) electrons. The summed E-state index contributed by atoms with van der Waals surface area (Å²) in [6, 6.07) is -0.568. The number of hydrogen-bond acceptors (Lipinski definition) is 5. The van der Waals surface area contributed by atoms with Crippen LogP contribution >= 0.6 is 0 Å². The predicted octanol–water partition coefficient (Wildman–Crippen LogP) is 7.49. The molecule has 1 N–H and O–H groups in total. The van der Waals surface area contributed by atoms with Gasteiger partial charge in [0.2, 0.25) is 0 Å². The molecule has 8 bridgehead atoms. The van der Waals surface area contributed by atoms with Crippen LogP contribution in [0.15, 0.2) is 23.9 Å². The molecule has 9 nitrogen and oxygen atoms in total. The molecule has 3 aromatic rings. The summed E-state index contributed by atoms with van der Waals surface area (Å²) in [4.78, 5) is 42.1. The molecule has 0 amide bonds. The van der Waals surface area contributed by atoms with Crippen LogP contribution in [0.1, 0.15) is 145 Å². The van der Waals surface area contributed by atoms with Gasteiger partial charge >= 0.3 is 35.0 Å². The van der Waals surface area contributed by atoms with E-state index in [0.717, 1.165) is 80.8 Å². The van der Waals surface area contributed by atoms with Crippen LogP contribution in [0.25, 0.3) is 41.0 Å². The first-order chi connectivity index (χ1) is 28.6.